The molecule has 0 spiro atoms. The molecular weight excluding hydrogens is 492 g/mol. The van der Waals surface area contributed by atoms with Crippen molar-refractivity contribution in [1.29, 1.82) is 0 Å². The summed E-state index contributed by atoms with van der Waals surface area (Å²) in [5.74, 6) is -0.684. The van der Waals surface area contributed by atoms with Crippen LogP contribution in [0.1, 0.15) is 0 Å². The number of ether oxygens (including phenoxy) is 1. The predicted molar refractivity (Wildman–Crippen MR) is 134 cm³/mol. The van der Waals surface area contributed by atoms with Gasteiger partial charge < -0.3 is 4.74 Å². The van der Waals surface area contributed by atoms with Gasteiger partial charge in [0.15, 0.2) is 0 Å². The summed E-state index contributed by atoms with van der Waals surface area (Å²) in [6.07, 6.45) is 0. The van der Waals surface area contributed by atoms with E-state index in [1.54, 1.807) is 42.5 Å². The maximum absolute atomic E-state index is 14.6. The van der Waals surface area contributed by atoms with Gasteiger partial charge in [-0.1, -0.05) is 35.3 Å². The lowest BCUT2D eigenvalue weighted by molar-refractivity contribution is -0.118. The average molecular weight is 512 g/mol. The van der Waals surface area contributed by atoms with Crippen LogP contribution in [0.15, 0.2) is 54.6 Å². The molecule has 0 saturated carbocycles. The molecule has 0 atom stereocenters. The molecule has 0 bridgehead atoms. The Morgan fingerprint density at radius 3 is 2.49 bits per heavy atom. The first kappa shape index (κ1) is 23.6. The van der Waals surface area contributed by atoms with Gasteiger partial charge in [0.05, 0.1) is 36.7 Å². The molecule has 1 aliphatic heterocycles. The number of fused-ring (bicyclic) bond motifs is 1. The SMILES string of the molecule is O=C(CN1CCOCC1)Nc1nc(-c2ccccc2F)cc(-c2cc3cc(Cl)ccc3nc2Cl)n1. The second-order valence-corrected chi connectivity index (χ2v) is 8.84. The summed E-state index contributed by atoms with van der Waals surface area (Å²) in [6, 6.07) is 15.0. The van der Waals surface area contributed by atoms with E-state index in [1.807, 2.05) is 11.0 Å². The van der Waals surface area contributed by atoms with Crippen molar-refractivity contribution in [3.05, 3.63) is 70.6 Å². The second-order valence-electron chi connectivity index (χ2n) is 8.04. The maximum atomic E-state index is 14.6. The summed E-state index contributed by atoms with van der Waals surface area (Å²) in [4.78, 5) is 28.1. The highest BCUT2D eigenvalue weighted by Crippen LogP contribution is 2.33. The third kappa shape index (κ3) is 5.41. The number of morpholine rings is 1. The quantitative estimate of drug-likeness (QED) is 0.376. The Bertz CT molecular complexity index is 1410. The summed E-state index contributed by atoms with van der Waals surface area (Å²) in [5.41, 5.74) is 2.14. The molecule has 1 aliphatic rings. The monoisotopic (exact) mass is 511 g/mol. The maximum Gasteiger partial charge on any atom is 0.240 e. The molecule has 2 aromatic carbocycles. The number of aromatic nitrogens is 3. The van der Waals surface area contributed by atoms with Crippen LogP contribution < -0.4 is 5.32 Å². The first-order chi connectivity index (χ1) is 17.0. The van der Waals surface area contributed by atoms with Crippen molar-refractivity contribution in [3.63, 3.8) is 0 Å². The van der Waals surface area contributed by atoms with Gasteiger partial charge in [0.1, 0.15) is 11.0 Å². The van der Waals surface area contributed by atoms with E-state index < -0.39 is 5.82 Å². The number of nitrogens with one attached hydrogen (secondary N) is 1. The zero-order valence-corrected chi connectivity index (χ0v) is 20.0. The molecule has 178 valence electrons. The fourth-order valence-electron chi connectivity index (χ4n) is 3.88. The number of carbonyl (C=O) groups excluding carboxylic acids is 1. The van der Waals surface area contributed by atoms with Crippen molar-refractivity contribution in [2.75, 3.05) is 38.2 Å². The highest BCUT2D eigenvalue weighted by atomic mass is 35.5. The fraction of sp³-hybridized carbons (Fsp3) is 0.200. The van der Waals surface area contributed by atoms with Crippen molar-refractivity contribution in [2.45, 2.75) is 0 Å². The third-order valence-electron chi connectivity index (χ3n) is 5.60. The van der Waals surface area contributed by atoms with Gasteiger partial charge in [-0.3, -0.25) is 15.0 Å². The number of halogens is 3. The van der Waals surface area contributed by atoms with Crippen molar-refractivity contribution in [2.24, 2.45) is 0 Å². The van der Waals surface area contributed by atoms with E-state index in [0.717, 1.165) is 5.39 Å². The van der Waals surface area contributed by atoms with Gasteiger partial charge in [-0.15, -0.1) is 0 Å². The zero-order chi connectivity index (χ0) is 24.4. The minimum Gasteiger partial charge on any atom is -0.379 e. The largest absolute Gasteiger partial charge is 0.379 e. The van der Waals surface area contributed by atoms with Gasteiger partial charge in [-0.2, -0.15) is 0 Å². The number of benzene rings is 2. The Labute approximate surface area is 210 Å². The minimum absolute atomic E-state index is 0.0428. The number of rotatable bonds is 5. The van der Waals surface area contributed by atoms with Gasteiger partial charge >= 0.3 is 0 Å². The van der Waals surface area contributed by atoms with Crippen LogP contribution in [0.3, 0.4) is 0 Å². The van der Waals surface area contributed by atoms with Crippen molar-refractivity contribution in [1.82, 2.24) is 19.9 Å². The summed E-state index contributed by atoms with van der Waals surface area (Å²) in [5, 5.41) is 4.27. The van der Waals surface area contributed by atoms with Crippen LogP contribution in [0.2, 0.25) is 10.2 Å². The van der Waals surface area contributed by atoms with E-state index >= 15 is 0 Å². The highest BCUT2D eigenvalue weighted by molar-refractivity contribution is 6.33. The normalized spacial score (nSPS) is 14.3. The van der Waals surface area contributed by atoms with Gasteiger partial charge in [0, 0.05) is 34.6 Å². The van der Waals surface area contributed by atoms with Gasteiger partial charge in [0.25, 0.3) is 0 Å². The first-order valence-electron chi connectivity index (χ1n) is 11.0. The molecule has 1 amide bonds. The van der Waals surface area contributed by atoms with E-state index in [9.17, 15) is 9.18 Å². The lowest BCUT2D eigenvalue weighted by Crippen LogP contribution is -2.41. The second kappa shape index (κ2) is 10.2. The van der Waals surface area contributed by atoms with Crippen LogP contribution in [0.25, 0.3) is 33.4 Å². The minimum atomic E-state index is -0.447. The Kier molecular flexibility index (Phi) is 6.88. The molecule has 4 aromatic rings. The smallest absolute Gasteiger partial charge is 0.240 e. The number of anilines is 1. The van der Waals surface area contributed by atoms with Crippen LogP contribution in [0, 0.1) is 5.82 Å². The summed E-state index contributed by atoms with van der Waals surface area (Å²) in [6.45, 7) is 2.65. The van der Waals surface area contributed by atoms with E-state index in [0.29, 0.717) is 53.8 Å². The van der Waals surface area contributed by atoms with Gasteiger partial charge in [0.2, 0.25) is 11.9 Å². The first-order valence-corrected chi connectivity index (χ1v) is 11.7. The van der Waals surface area contributed by atoms with E-state index in [4.69, 9.17) is 27.9 Å². The number of amides is 1. The number of hydrogen-bond acceptors (Lipinski definition) is 6. The van der Waals surface area contributed by atoms with Gasteiger partial charge in [-0.05, 0) is 42.5 Å². The molecule has 0 unspecified atom stereocenters. The van der Waals surface area contributed by atoms with Crippen LogP contribution >= 0.6 is 23.2 Å². The third-order valence-corrected chi connectivity index (χ3v) is 6.13. The molecule has 1 fully saturated rings. The molecule has 0 radical (unpaired) electrons. The summed E-state index contributed by atoms with van der Waals surface area (Å²) >= 11 is 12.7. The van der Waals surface area contributed by atoms with Crippen LogP contribution in [-0.2, 0) is 9.53 Å². The van der Waals surface area contributed by atoms with Gasteiger partial charge in [-0.25, -0.2) is 19.3 Å². The lowest BCUT2D eigenvalue weighted by atomic mass is 10.1. The number of carbonyl (C=O) groups is 1. The average Bonchev–Trinajstić information content (AvgIpc) is 2.84. The number of pyridine rings is 1. The van der Waals surface area contributed by atoms with Crippen LogP contribution in [-0.4, -0.2) is 58.6 Å². The topological polar surface area (TPSA) is 80.2 Å². The fourth-order valence-corrected chi connectivity index (χ4v) is 4.30. The van der Waals surface area contributed by atoms with Crippen molar-refractivity contribution < 1.29 is 13.9 Å². The molecule has 5 rings (SSSR count). The molecule has 10 heteroatoms. The molecule has 1 N–H and O–H groups in total. The van der Waals surface area contributed by atoms with Crippen LogP contribution in [0.4, 0.5) is 10.3 Å². The summed E-state index contributed by atoms with van der Waals surface area (Å²) < 4.78 is 20.0. The van der Waals surface area contributed by atoms with E-state index in [-0.39, 0.29) is 29.1 Å². The van der Waals surface area contributed by atoms with Crippen LogP contribution in [0.5, 0.6) is 0 Å². The molecule has 7 nitrogen and oxygen atoms in total. The lowest BCUT2D eigenvalue weighted by Gasteiger charge is -2.25. The molecule has 2 aromatic heterocycles. The standard InChI is InChI=1S/C25H20Cl2FN5O2/c26-16-5-6-20-15(11-16)12-18(24(27)29-20)22-13-21(17-3-1-2-4-19(17)28)30-25(31-22)32-23(34)14-33-7-9-35-10-8-33/h1-6,11-13H,7-10,14H2,(H,30,31,32,34). The molecule has 1 saturated heterocycles. The highest BCUT2D eigenvalue weighted by Gasteiger charge is 2.18. The molecule has 0 aliphatic carbocycles. The Hall–Kier alpha value is -3.17. The zero-order valence-electron chi connectivity index (χ0n) is 18.5. The van der Waals surface area contributed by atoms with E-state index in [2.05, 4.69) is 20.3 Å². The molecular formula is C25H20Cl2FN5O2. The number of nitrogens with zero attached hydrogens (tertiary/aromatic N) is 4. The van der Waals surface area contributed by atoms with Crippen molar-refractivity contribution in [3.8, 4) is 22.5 Å². The Morgan fingerprint density at radius 2 is 1.71 bits per heavy atom. The molecule has 35 heavy (non-hydrogen) atoms. The van der Waals surface area contributed by atoms with E-state index in [1.165, 1.54) is 6.07 Å². The predicted octanol–water partition coefficient (Wildman–Crippen LogP) is 5.08. The Balaban J connectivity index is 1.56. The van der Waals surface area contributed by atoms with Crippen molar-refractivity contribution >= 4 is 46.0 Å². The number of hydrogen-bond donors (Lipinski definition) is 1. The molecule has 3 heterocycles. The summed E-state index contributed by atoms with van der Waals surface area (Å²) in [7, 11) is 0. The Morgan fingerprint density at radius 1 is 0.971 bits per heavy atom.